The third-order valence-corrected chi connectivity index (χ3v) is 2.25. The summed E-state index contributed by atoms with van der Waals surface area (Å²) < 4.78 is 5.09. The Kier molecular flexibility index (Phi) is 5.24. The molecule has 16 heavy (non-hydrogen) atoms. The van der Waals surface area contributed by atoms with Crippen molar-refractivity contribution in [2.24, 2.45) is 0 Å². The number of halogens is 1. The fraction of sp³-hybridized carbons (Fsp3) is 0.556. The molecule has 0 aliphatic rings. The summed E-state index contributed by atoms with van der Waals surface area (Å²) in [6, 6.07) is 0. The van der Waals surface area contributed by atoms with Crippen molar-refractivity contribution in [3.8, 4) is 5.75 Å². The van der Waals surface area contributed by atoms with E-state index in [-0.39, 0.29) is 18.4 Å². The molecule has 90 valence electrons. The Labute approximate surface area is 98.5 Å². The first-order chi connectivity index (χ1) is 7.74. The van der Waals surface area contributed by atoms with Gasteiger partial charge in [0.25, 0.3) is 0 Å². The van der Waals surface area contributed by atoms with E-state index in [4.69, 9.17) is 26.6 Å². The summed E-state index contributed by atoms with van der Waals surface area (Å²) in [6.45, 7) is 0.573. The lowest BCUT2D eigenvalue weighted by Crippen LogP contribution is -2.30. The van der Waals surface area contributed by atoms with Crippen LogP contribution in [0.25, 0.3) is 0 Å². The standard InChI is InChI=1S/C9H14ClN3O3/c1-16-7-8(10)11-6-12-9(7)13(2-4-14)3-5-15/h6,14-15H,2-5H2,1H3. The van der Waals surface area contributed by atoms with Gasteiger partial charge in [0.05, 0.1) is 20.3 Å². The lowest BCUT2D eigenvalue weighted by molar-refractivity contribution is 0.279. The molecule has 0 unspecified atom stereocenters. The van der Waals surface area contributed by atoms with Crippen LogP contribution in [-0.2, 0) is 0 Å². The average molecular weight is 248 g/mol. The largest absolute Gasteiger partial charge is 0.490 e. The molecule has 0 spiro atoms. The number of aliphatic hydroxyl groups is 2. The molecule has 0 bridgehead atoms. The van der Waals surface area contributed by atoms with Crippen LogP contribution in [0.2, 0.25) is 5.15 Å². The second kappa shape index (κ2) is 6.47. The van der Waals surface area contributed by atoms with E-state index in [1.807, 2.05) is 0 Å². The van der Waals surface area contributed by atoms with Gasteiger partial charge in [-0.15, -0.1) is 0 Å². The average Bonchev–Trinajstić information content (AvgIpc) is 2.28. The topological polar surface area (TPSA) is 78.7 Å². The van der Waals surface area contributed by atoms with Crippen molar-refractivity contribution < 1.29 is 14.9 Å². The summed E-state index contributed by atoms with van der Waals surface area (Å²) in [5.74, 6) is 0.802. The first-order valence-corrected chi connectivity index (χ1v) is 5.13. The SMILES string of the molecule is COc1c(Cl)ncnc1N(CCO)CCO. The predicted octanol–water partition coefficient (Wildman–Crippen LogP) is -0.0704. The van der Waals surface area contributed by atoms with Crippen LogP contribution in [0.5, 0.6) is 5.75 Å². The Hall–Kier alpha value is -1.11. The highest BCUT2D eigenvalue weighted by Gasteiger charge is 2.16. The van der Waals surface area contributed by atoms with Gasteiger partial charge in [0, 0.05) is 13.1 Å². The number of hydrogen-bond acceptors (Lipinski definition) is 6. The van der Waals surface area contributed by atoms with E-state index >= 15 is 0 Å². The van der Waals surface area contributed by atoms with Crippen LogP contribution in [0.3, 0.4) is 0 Å². The fourth-order valence-electron chi connectivity index (χ4n) is 1.31. The molecule has 0 aliphatic heterocycles. The van der Waals surface area contributed by atoms with E-state index in [0.29, 0.717) is 24.7 Å². The van der Waals surface area contributed by atoms with E-state index in [9.17, 15) is 0 Å². The zero-order chi connectivity index (χ0) is 12.0. The molecule has 0 radical (unpaired) electrons. The number of ether oxygens (including phenoxy) is 1. The van der Waals surface area contributed by atoms with Crippen molar-refractivity contribution in [1.29, 1.82) is 0 Å². The quantitative estimate of drug-likeness (QED) is 0.685. The van der Waals surface area contributed by atoms with Gasteiger partial charge in [0.1, 0.15) is 6.33 Å². The molecule has 0 atom stereocenters. The van der Waals surface area contributed by atoms with Crippen LogP contribution in [0.1, 0.15) is 0 Å². The highest BCUT2D eigenvalue weighted by atomic mass is 35.5. The Bertz CT molecular complexity index is 332. The number of aromatic nitrogens is 2. The minimum Gasteiger partial charge on any atom is -0.490 e. The Balaban J connectivity index is 3.02. The monoisotopic (exact) mass is 247 g/mol. The molecule has 1 rings (SSSR count). The van der Waals surface area contributed by atoms with E-state index in [0.717, 1.165) is 0 Å². The van der Waals surface area contributed by atoms with Crippen molar-refractivity contribution in [2.75, 3.05) is 38.3 Å². The van der Waals surface area contributed by atoms with Crippen molar-refractivity contribution in [2.45, 2.75) is 0 Å². The number of hydrogen-bond donors (Lipinski definition) is 2. The van der Waals surface area contributed by atoms with Gasteiger partial charge < -0.3 is 19.8 Å². The lowest BCUT2D eigenvalue weighted by Gasteiger charge is -2.23. The molecule has 0 amide bonds. The molecule has 0 aromatic carbocycles. The van der Waals surface area contributed by atoms with Crippen LogP contribution >= 0.6 is 11.6 Å². The highest BCUT2D eigenvalue weighted by molar-refractivity contribution is 6.31. The molecule has 0 saturated heterocycles. The first-order valence-electron chi connectivity index (χ1n) is 4.75. The minimum atomic E-state index is -0.0508. The molecule has 0 saturated carbocycles. The number of aliphatic hydroxyl groups excluding tert-OH is 2. The first kappa shape index (κ1) is 13.0. The maximum Gasteiger partial charge on any atom is 0.199 e. The summed E-state index contributed by atoms with van der Waals surface area (Å²) >= 11 is 5.85. The van der Waals surface area contributed by atoms with Gasteiger partial charge in [-0.25, -0.2) is 9.97 Å². The van der Waals surface area contributed by atoms with Crippen LogP contribution in [-0.4, -0.2) is 53.6 Å². The molecule has 2 N–H and O–H groups in total. The second-order valence-electron chi connectivity index (χ2n) is 2.96. The molecule has 6 nitrogen and oxygen atoms in total. The zero-order valence-corrected chi connectivity index (χ0v) is 9.68. The Morgan fingerprint density at radius 2 is 1.94 bits per heavy atom. The maximum atomic E-state index is 8.92. The summed E-state index contributed by atoms with van der Waals surface area (Å²) in [4.78, 5) is 9.49. The summed E-state index contributed by atoms with van der Waals surface area (Å²) in [5.41, 5.74) is 0. The molecule has 0 fully saturated rings. The van der Waals surface area contributed by atoms with Crippen molar-refractivity contribution >= 4 is 17.4 Å². The zero-order valence-electron chi connectivity index (χ0n) is 8.93. The van der Waals surface area contributed by atoms with Gasteiger partial charge in [-0.2, -0.15) is 0 Å². The van der Waals surface area contributed by atoms with Gasteiger partial charge >= 0.3 is 0 Å². The second-order valence-corrected chi connectivity index (χ2v) is 3.31. The number of anilines is 1. The van der Waals surface area contributed by atoms with E-state index in [2.05, 4.69) is 9.97 Å². The van der Waals surface area contributed by atoms with Gasteiger partial charge in [-0.1, -0.05) is 11.6 Å². The lowest BCUT2D eigenvalue weighted by atomic mass is 10.4. The van der Waals surface area contributed by atoms with Crippen LogP contribution in [0, 0.1) is 0 Å². The molecule has 0 aliphatic carbocycles. The minimum absolute atomic E-state index is 0.0508. The van der Waals surface area contributed by atoms with Crippen molar-refractivity contribution in [1.82, 2.24) is 9.97 Å². The summed E-state index contributed by atoms with van der Waals surface area (Å²) in [7, 11) is 1.46. The molecular weight excluding hydrogens is 234 g/mol. The van der Waals surface area contributed by atoms with Crippen LogP contribution < -0.4 is 9.64 Å². The van der Waals surface area contributed by atoms with Crippen molar-refractivity contribution in [3.05, 3.63) is 11.5 Å². The van der Waals surface area contributed by atoms with Crippen LogP contribution in [0.4, 0.5) is 5.82 Å². The normalized spacial score (nSPS) is 10.2. The van der Waals surface area contributed by atoms with Crippen molar-refractivity contribution in [3.63, 3.8) is 0 Å². The van der Waals surface area contributed by atoms with E-state index in [1.165, 1.54) is 13.4 Å². The number of methoxy groups -OCH3 is 1. The molecule has 7 heteroatoms. The van der Waals surface area contributed by atoms with E-state index in [1.54, 1.807) is 4.90 Å². The third kappa shape index (κ3) is 2.94. The smallest absolute Gasteiger partial charge is 0.199 e. The van der Waals surface area contributed by atoms with Gasteiger partial charge in [-0.05, 0) is 0 Å². The Morgan fingerprint density at radius 1 is 1.31 bits per heavy atom. The Morgan fingerprint density at radius 3 is 2.44 bits per heavy atom. The molecule has 1 heterocycles. The molecule has 1 aromatic heterocycles. The molecule has 1 aromatic rings. The van der Waals surface area contributed by atoms with Gasteiger partial charge in [0.15, 0.2) is 16.7 Å². The van der Waals surface area contributed by atoms with Gasteiger partial charge in [-0.3, -0.25) is 0 Å². The fourth-order valence-corrected chi connectivity index (χ4v) is 1.51. The van der Waals surface area contributed by atoms with Crippen LogP contribution in [0.15, 0.2) is 6.33 Å². The van der Waals surface area contributed by atoms with Gasteiger partial charge in [0.2, 0.25) is 0 Å². The molecular formula is C9H14ClN3O3. The highest BCUT2D eigenvalue weighted by Crippen LogP contribution is 2.30. The summed E-state index contributed by atoms with van der Waals surface area (Å²) in [6.07, 6.45) is 1.31. The third-order valence-electron chi connectivity index (χ3n) is 1.99. The van der Waals surface area contributed by atoms with E-state index < -0.39 is 0 Å². The number of rotatable bonds is 6. The summed E-state index contributed by atoms with van der Waals surface area (Å²) in [5, 5.41) is 18.0. The number of nitrogens with zero attached hydrogens (tertiary/aromatic N) is 3. The maximum absolute atomic E-state index is 8.92. The predicted molar refractivity (Wildman–Crippen MR) is 60.0 cm³/mol.